The summed E-state index contributed by atoms with van der Waals surface area (Å²) in [4.78, 5) is 0. The molecule has 34 heavy (non-hydrogen) atoms. The maximum absolute atomic E-state index is 15.0. The molecule has 0 saturated heterocycles. The van der Waals surface area contributed by atoms with Crippen LogP contribution in [0.15, 0.2) is 66.7 Å². The van der Waals surface area contributed by atoms with Crippen LogP contribution in [0.5, 0.6) is 5.75 Å². The van der Waals surface area contributed by atoms with Crippen LogP contribution in [0, 0.1) is 29.3 Å². The lowest BCUT2D eigenvalue weighted by atomic mass is 9.98. The van der Waals surface area contributed by atoms with E-state index in [0.717, 1.165) is 17.5 Å². The van der Waals surface area contributed by atoms with Crippen molar-refractivity contribution in [2.24, 2.45) is 0 Å². The Hall–Kier alpha value is -3.92. The molecular formula is C27H16F6O. The molecule has 0 unspecified atom stereocenters. The zero-order valence-corrected chi connectivity index (χ0v) is 17.7. The number of benzene rings is 4. The Bertz CT molecular complexity index is 1400. The van der Waals surface area contributed by atoms with Crippen LogP contribution in [-0.2, 0) is 6.42 Å². The van der Waals surface area contributed by atoms with Crippen LogP contribution >= 0.6 is 0 Å². The Morgan fingerprint density at radius 2 is 1.41 bits per heavy atom. The molecule has 0 aliphatic rings. The molecule has 0 aliphatic carbocycles. The van der Waals surface area contributed by atoms with Gasteiger partial charge in [0.05, 0.1) is 5.56 Å². The highest BCUT2D eigenvalue weighted by molar-refractivity contribution is 5.89. The fourth-order valence-electron chi connectivity index (χ4n) is 3.49. The first-order valence-corrected chi connectivity index (χ1v) is 10.2. The molecule has 0 amide bonds. The number of halogens is 6. The summed E-state index contributed by atoms with van der Waals surface area (Å²) in [7, 11) is 0. The third kappa shape index (κ3) is 5.01. The molecule has 4 aromatic carbocycles. The van der Waals surface area contributed by atoms with Gasteiger partial charge in [0.25, 0.3) is 0 Å². The molecular weight excluding hydrogens is 454 g/mol. The first-order valence-electron chi connectivity index (χ1n) is 10.2. The largest absolute Gasteiger partial charge is 0.573 e. The Kier molecular flexibility index (Phi) is 6.25. The normalized spacial score (nSPS) is 11.3. The Morgan fingerprint density at radius 3 is 2.03 bits per heavy atom. The molecule has 172 valence electrons. The summed E-state index contributed by atoms with van der Waals surface area (Å²) >= 11 is 0. The highest BCUT2D eigenvalue weighted by Crippen LogP contribution is 2.30. The van der Waals surface area contributed by atoms with Crippen molar-refractivity contribution in [3.63, 3.8) is 0 Å². The average molecular weight is 470 g/mol. The minimum absolute atomic E-state index is 0.0241. The number of aryl methyl sites for hydroxylation is 1. The van der Waals surface area contributed by atoms with Gasteiger partial charge >= 0.3 is 6.36 Å². The number of fused-ring (bicyclic) bond motifs is 1. The van der Waals surface area contributed by atoms with E-state index in [9.17, 15) is 22.0 Å². The number of alkyl halides is 3. The molecule has 1 nitrogen and oxygen atoms in total. The van der Waals surface area contributed by atoms with Crippen molar-refractivity contribution in [3.05, 3.63) is 101 Å². The second-order valence-corrected chi connectivity index (χ2v) is 7.48. The van der Waals surface area contributed by atoms with Crippen molar-refractivity contribution in [3.8, 4) is 28.7 Å². The predicted octanol–water partition coefficient (Wildman–Crippen LogP) is 7.78. The van der Waals surface area contributed by atoms with Gasteiger partial charge in [0.1, 0.15) is 5.82 Å². The quantitative estimate of drug-likeness (QED) is 0.219. The summed E-state index contributed by atoms with van der Waals surface area (Å²) in [5.74, 6) is -0.467. The van der Waals surface area contributed by atoms with E-state index < -0.39 is 29.6 Å². The third-order valence-corrected chi connectivity index (χ3v) is 5.21. The van der Waals surface area contributed by atoms with Gasteiger partial charge in [-0.2, -0.15) is 0 Å². The zero-order chi connectivity index (χ0) is 24.5. The maximum Gasteiger partial charge on any atom is 0.573 e. The monoisotopic (exact) mass is 470 g/mol. The summed E-state index contributed by atoms with van der Waals surface area (Å²) in [6.45, 7) is 2.07. The molecule has 0 bridgehead atoms. The van der Waals surface area contributed by atoms with Gasteiger partial charge in [0.15, 0.2) is 11.6 Å². The van der Waals surface area contributed by atoms with E-state index in [1.54, 1.807) is 18.2 Å². The minimum Gasteiger partial charge on any atom is -0.399 e. The number of hydrogen-bond acceptors (Lipinski definition) is 1. The van der Waals surface area contributed by atoms with Gasteiger partial charge in [0, 0.05) is 10.9 Å². The predicted molar refractivity (Wildman–Crippen MR) is 118 cm³/mol. The van der Waals surface area contributed by atoms with Crippen molar-refractivity contribution in [2.45, 2.75) is 19.7 Å². The van der Waals surface area contributed by atoms with Crippen molar-refractivity contribution in [2.75, 3.05) is 0 Å². The van der Waals surface area contributed by atoms with E-state index in [1.165, 1.54) is 11.6 Å². The van der Waals surface area contributed by atoms with Crippen molar-refractivity contribution in [1.29, 1.82) is 0 Å². The van der Waals surface area contributed by atoms with E-state index in [4.69, 9.17) is 0 Å². The first-order chi connectivity index (χ1) is 16.1. The fourth-order valence-corrected chi connectivity index (χ4v) is 3.49. The summed E-state index contributed by atoms with van der Waals surface area (Å²) in [5.41, 5.74) is 2.82. The molecule has 0 heterocycles. The van der Waals surface area contributed by atoms with E-state index in [0.29, 0.717) is 22.9 Å². The van der Waals surface area contributed by atoms with E-state index >= 15 is 4.39 Å². The van der Waals surface area contributed by atoms with Crippen LogP contribution in [0.1, 0.15) is 23.6 Å². The van der Waals surface area contributed by atoms with Gasteiger partial charge in [-0.25, -0.2) is 13.2 Å². The Balaban J connectivity index is 1.64. The van der Waals surface area contributed by atoms with Crippen LogP contribution < -0.4 is 4.74 Å². The number of ether oxygens (including phenoxy) is 1. The minimum atomic E-state index is -5.25. The van der Waals surface area contributed by atoms with E-state index in [-0.39, 0.29) is 11.1 Å². The Labute approximate surface area is 191 Å². The van der Waals surface area contributed by atoms with E-state index in [1.807, 2.05) is 30.3 Å². The summed E-state index contributed by atoms with van der Waals surface area (Å²) in [6, 6.07) is 17.6. The van der Waals surface area contributed by atoms with Crippen molar-refractivity contribution >= 4 is 10.8 Å². The molecule has 0 aliphatic heterocycles. The standard InChI is InChI=1S/C27H16F6O/c1-2-16-3-6-18(7-4-16)20-11-12-22-21(15-20)10-9-19(25(22)30)8-5-17-13-23(28)26(24(29)14-17)34-27(31,32)33/h3-4,6-7,9-15H,2H2,1H3. The molecule has 0 atom stereocenters. The van der Waals surface area contributed by atoms with Gasteiger partial charge in [-0.3, -0.25) is 0 Å². The van der Waals surface area contributed by atoms with Gasteiger partial charge in [0.2, 0.25) is 5.75 Å². The van der Waals surface area contributed by atoms with Gasteiger partial charge in [-0.15, -0.1) is 13.2 Å². The fraction of sp³-hybridized carbons (Fsp3) is 0.111. The number of hydrogen-bond donors (Lipinski definition) is 0. The lowest BCUT2D eigenvalue weighted by Gasteiger charge is -2.10. The maximum atomic E-state index is 15.0. The SMILES string of the molecule is CCc1ccc(-c2ccc3c(F)c(C#Cc4cc(F)c(OC(F)(F)F)c(F)c4)ccc3c2)cc1. The summed E-state index contributed by atoms with van der Waals surface area (Å²) < 4.78 is 82.9. The first kappa shape index (κ1) is 23.2. The molecule has 0 N–H and O–H groups in total. The molecule has 0 radical (unpaired) electrons. The van der Waals surface area contributed by atoms with Crippen LogP contribution in [0.2, 0.25) is 0 Å². The number of rotatable bonds is 3. The van der Waals surface area contributed by atoms with Gasteiger partial charge in [-0.1, -0.05) is 61.2 Å². The van der Waals surface area contributed by atoms with Crippen molar-refractivity contribution in [1.82, 2.24) is 0 Å². The molecule has 0 aromatic heterocycles. The third-order valence-electron chi connectivity index (χ3n) is 5.21. The summed E-state index contributed by atoms with van der Waals surface area (Å²) in [5, 5.41) is 0.956. The second-order valence-electron chi connectivity index (χ2n) is 7.48. The summed E-state index contributed by atoms with van der Waals surface area (Å²) in [6.07, 6.45) is -4.32. The lowest BCUT2D eigenvalue weighted by Crippen LogP contribution is -2.19. The second kappa shape index (κ2) is 9.14. The molecule has 0 saturated carbocycles. The van der Waals surface area contributed by atoms with Gasteiger partial charge < -0.3 is 4.74 Å². The molecule has 7 heteroatoms. The highest BCUT2D eigenvalue weighted by Gasteiger charge is 2.34. The highest BCUT2D eigenvalue weighted by atomic mass is 19.4. The van der Waals surface area contributed by atoms with Crippen LogP contribution in [-0.4, -0.2) is 6.36 Å². The lowest BCUT2D eigenvalue weighted by molar-refractivity contribution is -0.276. The van der Waals surface area contributed by atoms with Gasteiger partial charge in [-0.05, 0) is 52.8 Å². The zero-order valence-electron chi connectivity index (χ0n) is 17.7. The van der Waals surface area contributed by atoms with Crippen LogP contribution in [0.3, 0.4) is 0 Å². The molecule has 0 spiro atoms. The molecule has 4 aromatic rings. The van der Waals surface area contributed by atoms with E-state index in [2.05, 4.69) is 23.5 Å². The average Bonchev–Trinajstić information content (AvgIpc) is 2.80. The van der Waals surface area contributed by atoms with Crippen molar-refractivity contribution < 1.29 is 31.1 Å². The smallest absolute Gasteiger partial charge is 0.399 e. The Morgan fingerprint density at radius 1 is 0.765 bits per heavy atom. The topological polar surface area (TPSA) is 9.23 Å². The van der Waals surface area contributed by atoms with Crippen LogP contribution in [0.25, 0.3) is 21.9 Å². The van der Waals surface area contributed by atoms with Crippen LogP contribution in [0.4, 0.5) is 26.3 Å². The molecule has 4 rings (SSSR count). The molecule has 0 fully saturated rings.